The van der Waals surface area contributed by atoms with Crippen molar-refractivity contribution in [3.63, 3.8) is 0 Å². The van der Waals surface area contributed by atoms with Gasteiger partial charge < -0.3 is 25.2 Å². The third-order valence-electron chi connectivity index (χ3n) is 9.08. The minimum Gasteiger partial charge on any atom is -0.409 e. The number of para-hydroxylation sites is 1. The Morgan fingerprint density at radius 1 is 0.977 bits per heavy atom. The first kappa shape index (κ1) is 31.0. The summed E-state index contributed by atoms with van der Waals surface area (Å²) in [6.45, 7) is 0.863. The van der Waals surface area contributed by atoms with Gasteiger partial charge in [0.05, 0.1) is 24.7 Å². The number of piperazine rings is 1. The lowest BCUT2D eigenvalue weighted by atomic mass is 9.83. The van der Waals surface area contributed by atoms with Crippen LogP contribution in [0.3, 0.4) is 0 Å². The van der Waals surface area contributed by atoms with Gasteiger partial charge in [-0.15, -0.1) is 11.3 Å². The lowest BCUT2D eigenvalue weighted by Gasteiger charge is -2.42. The highest BCUT2D eigenvalue weighted by Gasteiger charge is 2.41. The number of nitrogens with one attached hydrogen (secondary N) is 2. The topological polar surface area (TPSA) is 115 Å². The molecule has 230 valence electrons. The number of amides is 3. The Bertz CT molecular complexity index is 1250. The van der Waals surface area contributed by atoms with Crippen LogP contribution in [0.2, 0.25) is 0 Å². The highest BCUT2D eigenvalue weighted by Crippen LogP contribution is 2.29. The summed E-state index contributed by atoms with van der Waals surface area (Å²) in [6, 6.07) is 11.6. The third-order valence-corrected chi connectivity index (χ3v) is 9.96. The van der Waals surface area contributed by atoms with Crippen molar-refractivity contribution in [1.82, 2.24) is 20.4 Å². The molecule has 10 heteroatoms. The zero-order valence-corrected chi connectivity index (χ0v) is 25.7. The van der Waals surface area contributed by atoms with Gasteiger partial charge in [-0.05, 0) is 48.8 Å². The lowest BCUT2D eigenvalue weighted by Crippen LogP contribution is -2.64. The molecule has 3 amide bonds. The summed E-state index contributed by atoms with van der Waals surface area (Å²) in [5, 5.41) is 18.1. The molecule has 2 heterocycles. The molecular formula is C33H43N5O4S. The molecule has 0 bridgehead atoms. The number of nitriles is 1. The van der Waals surface area contributed by atoms with E-state index >= 15 is 0 Å². The van der Waals surface area contributed by atoms with Crippen LogP contribution in [0.4, 0.5) is 4.79 Å². The van der Waals surface area contributed by atoms with Gasteiger partial charge in [0.25, 0.3) is 0 Å². The normalized spacial score (nSPS) is 20.7. The molecule has 3 aliphatic rings. The van der Waals surface area contributed by atoms with Crippen molar-refractivity contribution in [2.45, 2.75) is 95.3 Å². The van der Waals surface area contributed by atoms with Crippen molar-refractivity contribution in [1.29, 1.82) is 5.26 Å². The Balaban J connectivity index is 1.33. The van der Waals surface area contributed by atoms with Gasteiger partial charge >= 0.3 is 6.09 Å². The Morgan fingerprint density at radius 3 is 2.44 bits per heavy atom. The van der Waals surface area contributed by atoms with Crippen molar-refractivity contribution in [3.05, 3.63) is 52.2 Å². The number of hydrogen-bond acceptors (Lipinski definition) is 7. The van der Waals surface area contributed by atoms with Crippen LogP contribution in [0, 0.1) is 17.2 Å². The molecule has 2 aromatic rings. The first-order valence-corrected chi connectivity index (χ1v) is 16.7. The maximum absolute atomic E-state index is 14.4. The summed E-state index contributed by atoms with van der Waals surface area (Å²) in [5.41, 5.74) is 0.259. The fourth-order valence-electron chi connectivity index (χ4n) is 6.70. The van der Waals surface area contributed by atoms with Gasteiger partial charge in [0, 0.05) is 24.0 Å². The first-order chi connectivity index (χ1) is 21.0. The molecule has 1 aliphatic heterocycles. The number of ether oxygens (including phenoxy) is 1. The number of carbonyl (C=O) groups excluding carboxylic acids is 3. The Kier molecular flexibility index (Phi) is 11.1. The summed E-state index contributed by atoms with van der Waals surface area (Å²) >= 11 is 1.56. The molecule has 1 saturated heterocycles. The van der Waals surface area contributed by atoms with Gasteiger partial charge in [0.1, 0.15) is 12.1 Å². The average Bonchev–Trinajstić information content (AvgIpc) is 3.58. The summed E-state index contributed by atoms with van der Waals surface area (Å²) in [6.07, 6.45) is 11.8. The number of nitrogens with zero attached hydrogens (tertiary/aromatic N) is 3. The second kappa shape index (κ2) is 15.3. The molecular weight excluding hydrogens is 562 g/mol. The average molecular weight is 606 g/mol. The van der Waals surface area contributed by atoms with Crippen LogP contribution in [-0.4, -0.2) is 65.5 Å². The van der Waals surface area contributed by atoms with E-state index in [1.165, 1.54) is 43.4 Å². The third kappa shape index (κ3) is 8.36. The van der Waals surface area contributed by atoms with Crippen LogP contribution in [0.1, 0.15) is 81.1 Å². The molecule has 5 rings (SSSR count). The van der Waals surface area contributed by atoms with Crippen molar-refractivity contribution in [3.8, 4) is 11.8 Å². The maximum Gasteiger partial charge on any atom is 0.415 e. The fraction of sp³-hybridized carbons (Fsp3) is 0.576. The molecule has 43 heavy (non-hydrogen) atoms. The van der Waals surface area contributed by atoms with E-state index in [9.17, 15) is 19.6 Å². The molecule has 2 N–H and O–H groups in total. The van der Waals surface area contributed by atoms with Gasteiger partial charge in [-0.3, -0.25) is 9.59 Å². The molecule has 0 spiro atoms. The molecule has 2 atom stereocenters. The van der Waals surface area contributed by atoms with Crippen LogP contribution in [0.5, 0.6) is 5.75 Å². The Hall–Kier alpha value is -3.42. The molecule has 9 nitrogen and oxygen atoms in total. The molecule has 2 aliphatic carbocycles. The van der Waals surface area contributed by atoms with E-state index < -0.39 is 12.1 Å². The summed E-state index contributed by atoms with van der Waals surface area (Å²) in [7, 11) is 0. The van der Waals surface area contributed by atoms with Crippen LogP contribution in [0.25, 0.3) is 0 Å². The zero-order valence-electron chi connectivity index (χ0n) is 24.8. The second-order valence-electron chi connectivity index (χ2n) is 12.1. The van der Waals surface area contributed by atoms with Crippen LogP contribution in [0.15, 0.2) is 41.8 Å². The van der Waals surface area contributed by atoms with Gasteiger partial charge in [0.2, 0.25) is 11.8 Å². The number of benzene rings is 1. The van der Waals surface area contributed by atoms with E-state index in [0.29, 0.717) is 18.5 Å². The van der Waals surface area contributed by atoms with Crippen LogP contribution in [-0.2, 0) is 16.1 Å². The minimum absolute atomic E-state index is 0.0230. The Labute approximate surface area is 258 Å². The number of carbonyl (C=O) groups is 3. The SMILES string of the molecule is N#Cc1ccccc1OC(=O)N1CCN(C(=O)[C@@H](CC2CCCCC2)NC2CCCCC2)[C@H](C(=O)NCc2cccs2)C1. The van der Waals surface area contributed by atoms with Gasteiger partial charge in [0.15, 0.2) is 5.75 Å². The van der Waals surface area contributed by atoms with E-state index in [4.69, 9.17) is 4.74 Å². The van der Waals surface area contributed by atoms with E-state index in [2.05, 4.69) is 10.6 Å². The van der Waals surface area contributed by atoms with E-state index in [-0.39, 0.29) is 48.8 Å². The van der Waals surface area contributed by atoms with Gasteiger partial charge in [-0.1, -0.05) is 69.6 Å². The van der Waals surface area contributed by atoms with Crippen molar-refractivity contribution >= 4 is 29.2 Å². The monoisotopic (exact) mass is 605 g/mol. The molecule has 1 aromatic carbocycles. The molecule has 3 fully saturated rings. The summed E-state index contributed by atoms with van der Waals surface area (Å²) in [4.78, 5) is 45.5. The quantitative estimate of drug-likeness (QED) is 0.406. The lowest BCUT2D eigenvalue weighted by molar-refractivity contribution is -0.145. The largest absolute Gasteiger partial charge is 0.415 e. The fourth-order valence-corrected chi connectivity index (χ4v) is 7.34. The summed E-state index contributed by atoms with van der Waals surface area (Å²) in [5.74, 6) is 0.346. The smallest absolute Gasteiger partial charge is 0.409 e. The standard InChI is InChI=1S/C33H43N5O4S/c34-21-25-12-7-8-16-30(25)42-33(41)37-17-18-38(29(23-37)31(39)35-22-27-15-9-19-43-27)32(40)28(20-24-10-3-1-4-11-24)36-26-13-5-2-6-14-26/h7-9,12,15-16,19,24,26,28-29,36H,1-6,10-11,13-14,17-18,20,22-23H2,(H,35,39)/t28-,29+/m1/s1. The van der Waals surface area contributed by atoms with Crippen LogP contribution >= 0.6 is 11.3 Å². The van der Waals surface area contributed by atoms with E-state index in [1.54, 1.807) is 40.5 Å². The minimum atomic E-state index is -0.845. The van der Waals surface area contributed by atoms with E-state index in [0.717, 1.165) is 37.0 Å². The van der Waals surface area contributed by atoms with Gasteiger partial charge in [-0.25, -0.2) is 4.79 Å². The zero-order chi connectivity index (χ0) is 30.0. The maximum atomic E-state index is 14.4. The first-order valence-electron chi connectivity index (χ1n) is 15.8. The van der Waals surface area contributed by atoms with Crippen molar-refractivity contribution in [2.75, 3.05) is 19.6 Å². The number of thiophene rings is 1. The highest BCUT2D eigenvalue weighted by atomic mass is 32.1. The molecule has 1 aromatic heterocycles. The van der Waals surface area contributed by atoms with Crippen molar-refractivity contribution in [2.24, 2.45) is 5.92 Å². The Morgan fingerprint density at radius 2 is 1.72 bits per heavy atom. The highest BCUT2D eigenvalue weighted by molar-refractivity contribution is 7.09. The molecule has 2 saturated carbocycles. The number of hydrogen-bond donors (Lipinski definition) is 2. The molecule has 0 unspecified atom stereocenters. The van der Waals surface area contributed by atoms with Crippen LogP contribution < -0.4 is 15.4 Å². The van der Waals surface area contributed by atoms with E-state index in [1.807, 2.05) is 23.6 Å². The van der Waals surface area contributed by atoms with Crippen molar-refractivity contribution < 1.29 is 19.1 Å². The number of rotatable bonds is 9. The second-order valence-corrected chi connectivity index (χ2v) is 13.1. The summed E-state index contributed by atoms with van der Waals surface area (Å²) < 4.78 is 5.59. The van der Waals surface area contributed by atoms with Gasteiger partial charge in [-0.2, -0.15) is 5.26 Å². The molecule has 0 radical (unpaired) electrons. The predicted molar refractivity (Wildman–Crippen MR) is 165 cm³/mol. The predicted octanol–water partition coefficient (Wildman–Crippen LogP) is 5.21.